The molecule has 13 heavy (non-hydrogen) atoms. The van der Waals surface area contributed by atoms with Crippen LogP contribution in [-0.4, -0.2) is 0 Å². The van der Waals surface area contributed by atoms with E-state index in [1.807, 2.05) is 0 Å². The second kappa shape index (κ2) is 4.01. The maximum atomic E-state index is 5.95. The summed E-state index contributed by atoms with van der Waals surface area (Å²) in [7, 11) is 0. The van der Waals surface area contributed by atoms with Gasteiger partial charge in [0.05, 0.1) is 0 Å². The van der Waals surface area contributed by atoms with Crippen molar-refractivity contribution in [3.63, 3.8) is 0 Å². The number of halogens is 1. The normalized spacial score (nSPS) is 9.62. The lowest BCUT2D eigenvalue weighted by Crippen LogP contribution is -2.01. The van der Waals surface area contributed by atoms with Gasteiger partial charge in [-0.05, 0) is 62.4 Å². The van der Waals surface area contributed by atoms with E-state index < -0.39 is 0 Å². The Balaban J connectivity index is 0.00000144. The highest BCUT2D eigenvalue weighted by Crippen LogP contribution is 2.27. The minimum Gasteiger partial charge on any atom is -0.398 e. The summed E-state index contributed by atoms with van der Waals surface area (Å²) in [5.41, 5.74) is 13.4. The summed E-state index contributed by atoms with van der Waals surface area (Å²) < 4.78 is 0. The predicted octanol–water partition coefficient (Wildman–Crippen LogP) is 3.23. The van der Waals surface area contributed by atoms with Gasteiger partial charge in [0, 0.05) is 5.69 Å². The zero-order chi connectivity index (χ0) is 9.46. The minimum absolute atomic E-state index is 0. The molecule has 0 aromatic heterocycles. The number of nitrogens with two attached hydrogens (primary N) is 1. The summed E-state index contributed by atoms with van der Waals surface area (Å²) in [6.07, 6.45) is 0. The topological polar surface area (TPSA) is 26.0 Å². The Hall–Kier alpha value is -0.690. The third kappa shape index (κ3) is 1.80. The molecule has 1 rings (SSSR count). The highest BCUT2D eigenvalue weighted by Gasteiger charge is 2.08. The Morgan fingerprint density at radius 1 is 0.615 bits per heavy atom. The van der Waals surface area contributed by atoms with Crippen LogP contribution in [0, 0.1) is 34.6 Å². The van der Waals surface area contributed by atoms with Gasteiger partial charge in [-0.25, -0.2) is 0 Å². The van der Waals surface area contributed by atoms with E-state index in [0.717, 1.165) is 5.69 Å². The zero-order valence-corrected chi connectivity index (χ0v) is 9.80. The van der Waals surface area contributed by atoms with Gasteiger partial charge in [-0.2, -0.15) is 0 Å². The van der Waals surface area contributed by atoms with Crippen molar-refractivity contribution in [3.05, 3.63) is 27.8 Å². The van der Waals surface area contributed by atoms with Gasteiger partial charge in [0.1, 0.15) is 0 Å². The Kier molecular flexibility index (Phi) is 3.80. The quantitative estimate of drug-likeness (QED) is 0.638. The van der Waals surface area contributed by atoms with Crippen LogP contribution in [0.4, 0.5) is 5.69 Å². The second-order valence-corrected chi connectivity index (χ2v) is 3.54. The summed E-state index contributed by atoms with van der Waals surface area (Å²) >= 11 is 0. The number of nitrogen functional groups attached to an aromatic ring is 1. The molecular formula is C11H18ClN. The van der Waals surface area contributed by atoms with Gasteiger partial charge in [0.2, 0.25) is 0 Å². The average molecular weight is 200 g/mol. The molecule has 0 atom stereocenters. The molecule has 0 aliphatic carbocycles. The van der Waals surface area contributed by atoms with Crippen LogP contribution in [0.1, 0.15) is 27.8 Å². The summed E-state index contributed by atoms with van der Waals surface area (Å²) in [5, 5.41) is 0. The molecule has 0 aliphatic heterocycles. The fraction of sp³-hybridized carbons (Fsp3) is 0.455. The van der Waals surface area contributed by atoms with Crippen molar-refractivity contribution in [2.75, 3.05) is 5.73 Å². The lowest BCUT2D eigenvalue weighted by molar-refractivity contribution is 1.18. The maximum Gasteiger partial charge on any atom is 0.0378 e. The van der Waals surface area contributed by atoms with Gasteiger partial charge < -0.3 is 5.73 Å². The molecule has 0 unspecified atom stereocenters. The Bertz CT molecular complexity index is 224. The molecule has 0 aliphatic rings. The molecule has 74 valence electrons. The summed E-state index contributed by atoms with van der Waals surface area (Å²) in [4.78, 5) is 0. The SMILES string of the molecule is Cc1c(C)c(C)c(N)c(C)c1C.Cl. The smallest absolute Gasteiger partial charge is 0.0378 e. The van der Waals surface area contributed by atoms with E-state index in [1.54, 1.807) is 0 Å². The van der Waals surface area contributed by atoms with Crippen molar-refractivity contribution in [2.45, 2.75) is 34.6 Å². The maximum absolute atomic E-state index is 5.95. The Morgan fingerprint density at radius 2 is 0.846 bits per heavy atom. The van der Waals surface area contributed by atoms with Crippen molar-refractivity contribution in [1.82, 2.24) is 0 Å². The average Bonchev–Trinajstić information content (AvgIpc) is 2.08. The lowest BCUT2D eigenvalue weighted by Gasteiger charge is -2.15. The van der Waals surface area contributed by atoms with E-state index in [2.05, 4.69) is 34.6 Å². The third-order valence-electron chi connectivity index (χ3n) is 3.06. The minimum atomic E-state index is 0. The molecule has 0 spiro atoms. The molecule has 0 fully saturated rings. The largest absolute Gasteiger partial charge is 0.398 e. The van der Waals surface area contributed by atoms with E-state index in [0.29, 0.717) is 0 Å². The molecule has 0 bridgehead atoms. The van der Waals surface area contributed by atoms with Gasteiger partial charge >= 0.3 is 0 Å². The summed E-state index contributed by atoms with van der Waals surface area (Å²) in [6, 6.07) is 0. The molecule has 1 aromatic rings. The monoisotopic (exact) mass is 199 g/mol. The highest BCUT2D eigenvalue weighted by molar-refractivity contribution is 5.85. The van der Waals surface area contributed by atoms with Crippen molar-refractivity contribution in [2.24, 2.45) is 0 Å². The molecule has 1 aromatic carbocycles. The van der Waals surface area contributed by atoms with Crippen LogP contribution in [0.25, 0.3) is 0 Å². The van der Waals surface area contributed by atoms with Crippen LogP contribution >= 0.6 is 12.4 Å². The van der Waals surface area contributed by atoms with Gasteiger partial charge in [0.15, 0.2) is 0 Å². The first kappa shape index (κ1) is 12.3. The van der Waals surface area contributed by atoms with Gasteiger partial charge in [-0.1, -0.05) is 0 Å². The molecule has 0 amide bonds. The lowest BCUT2D eigenvalue weighted by atomic mass is 9.93. The third-order valence-corrected chi connectivity index (χ3v) is 3.06. The molecule has 0 radical (unpaired) electrons. The van der Waals surface area contributed by atoms with Crippen LogP contribution < -0.4 is 5.73 Å². The molecule has 1 nitrogen and oxygen atoms in total. The number of hydrogen-bond donors (Lipinski definition) is 1. The van der Waals surface area contributed by atoms with Crippen LogP contribution in [-0.2, 0) is 0 Å². The fourth-order valence-corrected chi connectivity index (χ4v) is 1.53. The first-order chi connectivity index (χ1) is 5.46. The van der Waals surface area contributed by atoms with Crippen LogP contribution in [0.3, 0.4) is 0 Å². The van der Waals surface area contributed by atoms with Crippen molar-refractivity contribution in [3.8, 4) is 0 Å². The zero-order valence-electron chi connectivity index (χ0n) is 8.99. The van der Waals surface area contributed by atoms with Gasteiger partial charge in [0.25, 0.3) is 0 Å². The molecular weight excluding hydrogens is 182 g/mol. The van der Waals surface area contributed by atoms with Crippen molar-refractivity contribution < 1.29 is 0 Å². The van der Waals surface area contributed by atoms with E-state index in [-0.39, 0.29) is 12.4 Å². The Morgan fingerprint density at radius 3 is 1.15 bits per heavy atom. The fourth-order valence-electron chi connectivity index (χ4n) is 1.53. The van der Waals surface area contributed by atoms with Gasteiger partial charge in [-0.3, -0.25) is 0 Å². The van der Waals surface area contributed by atoms with E-state index >= 15 is 0 Å². The highest BCUT2D eigenvalue weighted by atomic mass is 35.5. The summed E-state index contributed by atoms with van der Waals surface area (Å²) in [6.45, 7) is 10.6. The predicted molar refractivity (Wildman–Crippen MR) is 61.8 cm³/mol. The number of hydrogen-bond acceptors (Lipinski definition) is 1. The molecule has 0 saturated heterocycles. The number of rotatable bonds is 0. The molecule has 0 heterocycles. The standard InChI is InChI=1S/C11H17N.ClH/c1-6-7(2)9(4)11(12)10(5)8(6)3;/h12H2,1-5H3;1H. The van der Waals surface area contributed by atoms with Crippen molar-refractivity contribution in [1.29, 1.82) is 0 Å². The molecule has 0 saturated carbocycles. The molecule has 2 N–H and O–H groups in total. The van der Waals surface area contributed by atoms with Crippen LogP contribution in [0.2, 0.25) is 0 Å². The first-order valence-corrected chi connectivity index (χ1v) is 4.29. The molecule has 2 heteroatoms. The number of anilines is 1. The van der Waals surface area contributed by atoms with Crippen LogP contribution in [0.15, 0.2) is 0 Å². The first-order valence-electron chi connectivity index (χ1n) is 4.29. The number of benzene rings is 1. The van der Waals surface area contributed by atoms with E-state index in [4.69, 9.17) is 5.73 Å². The Labute approximate surface area is 86.7 Å². The summed E-state index contributed by atoms with van der Waals surface area (Å²) in [5.74, 6) is 0. The van der Waals surface area contributed by atoms with Crippen molar-refractivity contribution >= 4 is 18.1 Å². The second-order valence-electron chi connectivity index (χ2n) is 3.54. The van der Waals surface area contributed by atoms with Crippen LogP contribution in [0.5, 0.6) is 0 Å². The van der Waals surface area contributed by atoms with E-state index in [1.165, 1.54) is 27.8 Å². The van der Waals surface area contributed by atoms with Gasteiger partial charge in [-0.15, -0.1) is 12.4 Å². The van der Waals surface area contributed by atoms with E-state index in [9.17, 15) is 0 Å².